The molecule has 3 atom stereocenters. The van der Waals surface area contributed by atoms with Crippen LogP contribution in [0.25, 0.3) is 0 Å². The van der Waals surface area contributed by atoms with Crippen molar-refractivity contribution in [2.24, 2.45) is 0 Å². The summed E-state index contributed by atoms with van der Waals surface area (Å²) in [7, 11) is 0. The molecule has 6 heteroatoms. The van der Waals surface area contributed by atoms with Gasteiger partial charge in [0.1, 0.15) is 0 Å². The van der Waals surface area contributed by atoms with E-state index in [0.29, 0.717) is 18.1 Å². The van der Waals surface area contributed by atoms with Crippen molar-refractivity contribution >= 4 is 23.4 Å². The first-order valence-electron chi connectivity index (χ1n) is 7.81. The van der Waals surface area contributed by atoms with Crippen molar-refractivity contribution in [1.29, 1.82) is 0 Å². The standard InChI is InChI=1S/C17H23ClN2O3/c1-11-9-20(10-12(2)23-11)17(22)8-16(19-13(3)21)14-4-6-15(18)7-5-14/h4-7,11-12,16H,8-10H2,1-3H3,(H,19,21)/t11-,12-,16+/m0/s1. The second kappa shape index (κ2) is 7.79. The van der Waals surface area contributed by atoms with E-state index < -0.39 is 0 Å². The molecule has 0 aromatic heterocycles. The van der Waals surface area contributed by atoms with Gasteiger partial charge in [-0.25, -0.2) is 0 Å². The third-order valence-electron chi connectivity index (χ3n) is 3.80. The maximum absolute atomic E-state index is 12.6. The molecule has 126 valence electrons. The minimum Gasteiger partial charge on any atom is -0.372 e. The van der Waals surface area contributed by atoms with Crippen molar-refractivity contribution in [3.05, 3.63) is 34.9 Å². The maximum atomic E-state index is 12.6. The number of hydrogen-bond acceptors (Lipinski definition) is 3. The number of amides is 2. The van der Waals surface area contributed by atoms with Crippen LogP contribution in [0.3, 0.4) is 0 Å². The summed E-state index contributed by atoms with van der Waals surface area (Å²) in [6, 6.07) is 6.83. The number of ether oxygens (including phenoxy) is 1. The van der Waals surface area contributed by atoms with Gasteiger partial charge in [0.2, 0.25) is 11.8 Å². The molecular formula is C17H23ClN2O3. The van der Waals surface area contributed by atoms with Crippen molar-refractivity contribution in [3.63, 3.8) is 0 Å². The van der Waals surface area contributed by atoms with E-state index in [-0.39, 0.29) is 36.5 Å². The first kappa shape index (κ1) is 17.8. The molecule has 1 saturated heterocycles. The summed E-state index contributed by atoms with van der Waals surface area (Å²) < 4.78 is 5.66. The van der Waals surface area contributed by atoms with E-state index in [9.17, 15) is 9.59 Å². The van der Waals surface area contributed by atoms with Crippen LogP contribution in [0.4, 0.5) is 0 Å². The van der Waals surface area contributed by atoms with Crippen LogP contribution in [0.15, 0.2) is 24.3 Å². The molecule has 23 heavy (non-hydrogen) atoms. The maximum Gasteiger partial charge on any atom is 0.225 e. The summed E-state index contributed by atoms with van der Waals surface area (Å²) in [5, 5.41) is 3.47. The Morgan fingerprint density at radius 2 is 1.83 bits per heavy atom. The van der Waals surface area contributed by atoms with Crippen molar-refractivity contribution in [2.45, 2.75) is 45.4 Å². The van der Waals surface area contributed by atoms with E-state index in [1.807, 2.05) is 30.9 Å². The topological polar surface area (TPSA) is 58.6 Å². The fourth-order valence-electron chi connectivity index (χ4n) is 2.88. The molecule has 1 fully saturated rings. The summed E-state index contributed by atoms with van der Waals surface area (Å²) in [6.07, 6.45) is 0.274. The Morgan fingerprint density at radius 1 is 1.26 bits per heavy atom. The molecule has 1 aliphatic heterocycles. The highest BCUT2D eigenvalue weighted by Crippen LogP contribution is 2.22. The smallest absolute Gasteiger partial charge is 0.225 e. The van der Waals surface area contributed by atoms with Crippen molar-refractivity contribution in [1.82, 2.24) is 10.2 Å². The number of hydrogen-bond donors (Lipinski definition) is 1. The summed E-state index contributed by atoms with van der Waals surface area (Å²) >= 11 is 5.91. The molecule has 0 radical (unpaired) electrons. The average Bonchev–Trinajstić information content (AvgIpc) is 2.45. The van der Waals surface area contributed by atoms with Crippen LogP contribution in [-0.4, -0.2) is 42.0 Å². The summed E-state index contributed by atoms with van der Waals surface area (Å²) in [6.45, 7) is 6.53. The number of morpholine rings is 1. The molecule has 0 saturated carbocycles. The molecule has 0 bridgehead atoms. The Kier molecular flexibility index (Phi) is 6.02. The molecule has 0 unspecified atom stereocenters. The van der Waals surface area contributed by atoms with Gasteiger partial charge in [-0.3, -0.25) is 9.59 Å². The van der Waals surface area contributed by atoms with Crippen molar-refractivity contribution in [2.75, 3.05) is 13.1 Å². The zero-order valence-electron chi connectivity index (χ0n) is 13.7. The van der Waals surface area contributed by atoms with E-state index >= 15 is 0 Å². The molecule has 2 rings (SSSR count). The van der Waals surface area contributed by atoms with E-state index in [2.05, 4.69) is 5.32 Å². The van der Waals surface area contributed by atoms with E-state index in [1.165, 1.54) is 6.92 Å². The number of carbonyl (C=O) groups excluding carboxylic acids is 2. The molecule has 1 aliphatic rings. The lowest BCUT2D eigenvalue weighted by atomic mass is 10.0. The van der Waals surface area contributed by atoms with Gasteiger partial charge in [0, 0.05) is 25.0 Å². The first-order chi connectivity index (χ1) is 10.8. The Balaban J connectivity index is 2.09. The number of carbonyl (C=O) groups is 2. The summed E-state index contributed by atoms with van der Waals surface area (Å²) in [5.41, 5.74) is 0.868. The van der Waals surface area contributed by atoms with Crippen LogP contribution < -0.4 is 5.32 Å². The monoisotopic (exact) mass is 338 g/mol. The quantitative estimate of drug-likeness (QED) is 0.917. The fourth-order valence-corrected chi connectivity index (χ4v) is 3.00. The van der Waals surface area contributed by atoms with Gasteiger partial charge in [0.05, 0.1) is 24.7 Å². The van der Waals surface area contributed by atoms with Crippen LogP contribution in [0, 0.1) is 0 Å². The van der Waals surface area contributed by atoms with E-state index in [4.69, 9.17) is 16.3 Å². The lowest BCUT2D eigenvalue weighted by Gasteiger charge is -2.36. The molecule has 0 spiro atoms. The third kappa shape index (κ3) is 5.22. The van der Waals surface area contributed by atoms with E-state index in [1.54, 1.807) is 12.1 Å². The van der Waals surface area contributed by atoms with Crippen LogP contribution in [0.2, 0.25) is 5.02 Å². The number of nitrogens with one attached hydrogen (secondary N) is 1. The number of halogens is 1. The van der Waals surface area contributed by atoms with Gasteiger partial charge < -0.3 is 15.0 Å². The zero-order chi connectivity index (χ0) is 17.0. The van der Waals surface area contributed by atoms with Crippen LogP contribution in [0.1, 0.15) is 38.8 Å². The molecule has 1 N–H and O–H groups in total. The second-order valence-electron chi connectivity index (χ2n) is 6.06. The predicted molar refractivity (Wildman–Crippen MR) is 89.2 cm³/mol. The molecule has 0 aliphatic carbocycles. The molecule has 5 nitrogen and oxygen atoms in total. The third-order valence-corrected chi connectivity index (χ3v) is 4.05. The van der Waals surface area contributed by atoms with Gasteiger partial charge in [-0.2, -0.15) is 0 Å². The van der Waals surface area contributed by atoms with Gasteiger partial charge in [-0.15, -0.1) is 0 Å². The molecule has 1 heterocycles. The Hall–Kier alpha value is -1.59. The normalized spacial score (nSPS) is 22.5. The Bertz CT molecular complexity index is 551. The second-order valence-corrected chi connectivity index (χ2v) is 6.50. The van der Waals surface area contributed by atoms with Gasteiger partial charge in [0.25, 0.3) is 0 Å². The lowest BCUT2D eigenvalue weighted by molar-refractivity contribution is -0.143. The molecule has 1 aromatic rings. The molecule has 2 amide bonds. The van der Waals surface area contributed by atoms with E-state index in [0.717, 1.165) is 5.56 Å². The SMILES string of the molecule is CC(=O)N[C@H](CC(=O)N1C[C@H](C)O[C@@H](C)C1)c1ccc(Cl)cc1. The van der Waals surface area contributed by atoms with Gasteiger partial charge in [-0.1, -0.05) is 23.7 Å². The van der Waals surface area contributed by atoms with Gasteiger partial charge in [0.15, 0.2) is 0 Å². The van der Waals surface area contributed by atoms with Crippen molar-refractivity contribution in [3.8, 4) is 0 Å². The summed E-state index contributed by atoms with van der Waals surface area (Å²) in [5.74, 6) is -0.151. The predicted octanol–water partition coefficient (Wildman–Crippen LogP) is 2.54. The molecular weight excluding hydrogens is 316 g/mol. The van der Waals surface area contributed by atoms with Crippen LogP contribution >= 0.6 is 11.6 Å². The minimum atomic E-state index is -0.356. The van der Waals surface area contributed by atoms with Crippen molar-refractivity contribution < 1.29 is 14.3 Å². The number of nitrogens with zero attached hydrogens (tertiary/aromatic N) is 1. The zero-order valence-corrected chi connectivity index (χ0v) is 14.5. The highest BCUT2D eigenvalue weighted by Gasteiger charge is 2.28. The van der Waals surface area contributed by atoms with Crippen LogP contribution in [0.5, 0.6) is 0 Å². The fraction of sp³-hybridized carbons (Fsp3) is 0.529. The lowest BCUT2D eigenvalue weighted by Crippen LogP contribution is -2.49. The average molecular weight is 339 g/mol. The Morgan fingerprint density at radius 3 is 2.35 bits per heavy atom. The largest absolute Gasteiger partial charge is 0.372 e. The Labute approximate surface area is 141 Å². The van der Waals surface area contributed by atoms with Crippen LogP contribution in [-0.2, 0) is 14.3 Å². The molecule has 1 aromatic carbocycles. The highest BCUT2D eigenvalue weighted by molar-refractivity contribution is 6.30. The number of rotatable bonds is 4. The highest BCUT2D eigenvalue weighted by atomic mass is 35.5. The number of benzene rings is 1. The van der Waals surface area contributed by atoms with Gasteiger partial charge >= 0.3 is 0 Å². The minimum absolute atomic E-state index is 0.0145. The van der Waals surface area contributed by atoms with Gasteiger partial charge in [-0.05, 0) is 31.5 Å². The summed E-state index contributed by atoms with van der Waals surface area (Å²) in [4.78, 5) is 25.9. The first-order valence-corrected chi connectivity index (χ1v) is 8.18.